The van der Waals surface area contributed by atoms with Gasteiger partial charge in [0.25, 0.3) is 0 Å². The van der Waals surface area contributed by atoms with E-state index >= 15 is 0 Å². The van der Waals surface area contributed by atoms with Crippen LogP contribution in [0.1, 0.15) is 19.8 Å². The van der Waals surface area contributed by atoms with Crippen LogP contribution in [0.5, 0.6) is 0 Å². The Hall–Kier alpha value is -1.23. The molecule has 3 unspecified atom stereocenters. The highest BCUT2D eigenvalue weighted by atomic mass is 16.4. The van der Waals surface area contributed by atoms with Crippen molar-refractivity contribution in [1.29, 1.82) is 0 Å². The molecule has 5 nitrogen and oxygen atoms in total. The highest BCUT2D eigenvalue weighted by Crippen LogP contribution is 2.27. The number of rotatable bonds is 2. The zero-order valence-corrected chi connectivity index (χ0v) is 7.77. The number of carboxylic acid groups (broad SMARTS) is 1. The monoisotopic (exact) mass is 200 g/mol. The molecule has 0 bridgehead atoms. The van der Waals surface area contributed by atoms with Crippen molar-refractivity contribution in [2.75, 3.05) is 0 Å². The third kappa shape index (κ3) is 1.98. The van der Waals surface area contributed by atoms with E-state index in [-0.39, 0.29) is 12.8 Å². The number of hydrogen-bond acceptors (Lipinski definition) is 4. The first-order valence-electron chi connectivity index (χ1n) is 4.37. The molecule has 2 N–H and O–H groups in total. The summed E-state index contributed by atoms with van der Waals surface area (Å²) in [5, 5.41) is 18.1. The summed E-state index contributed by atoms with van der Waals surface area (Å²) in [5.41, 5.74) is 0. The summed E-state index contributed by atoms with van der Waals surface area (Å²) >= 11 is 0. The number of aliphatic hydroxyl groups excluding tert-OH is 1. The number of carboxylic acids is 1. The van der Waals surface area contributed by atoms with Crippen LogP contribution in [0.2, 0.25) is 0 Å². The van der Waals surface area contributed by atoms with Crippen molar-refractivity contribution < 1.29 is 24.6 Å². The van der Waals surface area contributed by atoms with E-state index in [9.17, 15) is 19.5 Å². The molecule has 0 amide bonds. The van der Waals surface area contributed by atoms with E-state index in [4.69, 9.17) is 5.11 Å². The van der Waals surface area contributed by atoms with E-state index in [0.717, 1.165) is 0 Å². The number of hydrogen-bond donors (Lipinski definition) is 2. The van der Waals surface area contributed by atoms with Crippen molar-refractivity contribution in [3.05, 3.63) is 0 Å². The van der Waals surface area contributed by atoms with Gasteiger partial charge in [0.05, 0.1) is 12.0 Å². The average molecular weight is 200 g/mol. The Bertz CT molecular complexity index is 283. The Labute approximate surface area is 80.7 Å². The SMILES string of the molecule is CC(=O)C1C(=O)CC(C(=O)O)CC1O. The van der Waals surface area contributed by atoms with Gasteiger partial charge in [-0.2, -0.15) is 0 Å². The van der Waals surface area contributed by atoms with Crippen molar-refractivity contribution in [2.45, 2.75) is 25.9 Å². The van der Waals surface area contributed by atoms with Gasteiger partial charge >= 0.3 is 5.97 Å². The Morgan fingerprint density at radius 2 is 2.00 bits per heavy atom. The van der Waals surface area contributed by atoms with Crippen LogP contribution in [-0.4, -0.2) is 33.9 Å². The molecule has 14 heavy (non-hydrogen) atoms. The number of aliphatic carboxylic acids is 1. The van der Waals surface area contributed by atoms with Gasteiger partial charge in [-0.15, -0.1) is 0 Å². The van der Waals surface area contributed by atoms with E-state index in [1.165, 1.54) is 6.92 Å². The van der Waals surface area contributed by atoms with Gasteiger partial charge in [0, 0.05) is 6.42 Å². The summed E-state index contributed by atoms with van der Waals surface area (Å²) < 4.78 is 0. The molecule has 0 aromatic rings. The summed E-state index contributed by atoms with van der Waals surface area (Å²) in [6, 6.07) is 0. The van der Waals surface area contributed by atoms with Crippen LogP contribution in [0.4, 0.5) is 0 Å². The third-order valence-corrected chi connectivity index (χ3v) is 2.49. The minimum Gasteiger partial charge on any atom is -0.481 e. The fourth-order valence-electron chi connectivity index (χ4n) is 1.78. The minimum atomic E-state index is -1.14. The Balaban J connectivity index is 2.78. The second-order valence-electron chi connectivity index (χ2n) is 3.60. The minimum absolute atomic E-state index is 0.0225. The lowest BCUT2D eigenvalue weighted by Gasteiger charge is -2.28. The highest BCUT2D eigenvalue weighted by Gasteiger charge is 2.40. The van der Waals surface area contributed by atoms with Gasteiger partial charge in [-0.05, 0) is 13.3 Å². The molecule has 1 fully saturated rings. The Kier molecular flexibility index (Phi) is 3.00. The second-order valence-corrected chi connectivity index (χ2v) is 3.60. The number of Topliss-reactive ketones (excluding diaryl/α,β-unsaturated/α-hetero) is 2. The molecular weight excluding hydrogens is 188 g/mol. The molecule has 1 rings (SSSR count). The molecule has 0 heterocycles. The van der Waals surface area contributed by atoms with Gasteiger partial charge in [0.15, 0.2) is 0 Å². The first-order chi connectivity index (χ1) is 6.43. The van der Waals surface area contributed by atoms with Gasteiger partial charge in [-0.25, -0.2) is 0 Å². The van der Waals surface area contributed by atoms with Crippen LogP contribution in [0.25, 0.3) is 0 Å². The molecule has 0 aliphatic heterocycles. The molecule has 0 radical (unpaired) electrons. The number of carbonyl (C=O) groups is 3. The summed E-state index contributed by atoms with van der Waals surface area (Å²) in [4.78, 5) is 32.9. The summed E-state index contributed by atoms with van der Waals surface area (Å²) in [6.45, 7) is 1.23. The van der Waals surface area contributed by atoms with E-state index in [0.29, 0.717) is 0 Å². The van der Waals surface area contributed by atoms with E-state index < -0.39 is 35.5 Å². The summed E-state index contributed by atoms with van der Waals surface area (Å²) in [5.74, 6) is -3.84. The predicted molar refractivity (Wildman–Crippen MR) is 45.5 cm³/mol. The quantitative estimate of drug-likeness (QED) is 0.592. The number of ketones is 2. The maximum atomic E-state index is 11.3. The topological polar surface area (TPSA) is 91.7 Å². The van der Waals surface area contributed by atoms with Crippen LogP contribution in [0.15, 0.2) is 0 Å². The fraction of sp³-hybridized carbons (Fsp3) is 0.667. The lowest BCUT2D eigenvalue weighted by molar-refractivity contribution is -0.152. The number of carbonyl (C=O) groups excluding carboxylic acids is 2. The zero-order chi connectivity index (χ0) is 10.9. The molecular formula is C9H12O5. The Morgan fingerprint density at radius 1 is 1.43 bits per heavy atom. The molecule has 0 aromatic carbocycles. The zero-order valence-electron chi connectivity index (χ0n) is 7.77. The Morgan fingerprint density at radius 3 is 2.36 bits per heavy atom. The van der Waals surface area contributed by atoms with Crippen molar-refractivity contribution in [3.63, 3.8) is 0 Å². The molecule has 5 heteroatoms. The summed E-state index contributed by atoms with van der Waals surface area (Å²) in [7, 11) is 0. The normalized spacial score (nSPS) is 32.7. The van der Waals surface area contributed by atoms with Crippen molar-refractivity contribution in [2.24, 2.45) is 11.8 Å². The van der Waals surface area contributed by atoms with Gasteiger partial charge in [-0.1, -0.05) is 0 Å². The van der Waals surface area contributed by atoms with Crippen LogP contribution < -0.4 is 0 Å². The lowest BCUT2D eigenvalue weighted by atomic mass is 9.77. The van der Waals surface area contributed by atoms with Crippen molar-refractivity contribution in [1.82, 2.24) is 0 Å². The van der Waals surface area contributed by atoms with Crippen LogP contribution in [-0.2, 0) is 14.4 Å². The van der Waals surface area contributed by atoms with Crippen LogP contribution >= 0.6 is 0 Å². The van der Waals surface area contributed by atoms with Crippen LogP contribution in [0, 0.1) is 11.8 Å². The molecule has 3 atom stereocenters. The van der Waals surface area contributed by atoms with E-state index in [1.54, 1.807) is 0 Å². The standard InChI is InChI=1S/C9H12O5/c1-4(10)8-6(11)2-5(9(13)14)3-7(8)12/h5-6,8,11H,2-3H2,1H3,(H,13,14). The molecule has 0 saturated heterocycles. The molecule has 1 aliphatic carbocycles. The first-order valence-corrected chi connectivity index (χ1v) is 4.37. The van der Waals surface area contributed by atoms with Crippen molar-refractivity contribution >= 4 is 17.5 Å². The van der Waals surface area contributed by atoms with Crippen LogP contribution in [0.3, 0.4) is 0 Å². The smallest absolute Gasteiger partial charge is 0.307 e. The van der Waals surface area contributed by atoms with Gasteiger partial charge in [-0.3, -0.25) is 14.4 Å². The van der Waals surface area contributed by atoms with Gasteiger partial charge in [0.2, 0.25) is 0 Å². The van der Waals surface area contributed by atoms with E-state index in [2.05, 4.69) is 0 Å². The molecule has 1 saturated carbocycles. The molecule has 0 aromatic heterocycles. The lowest BCUT2D eigenvalue weighted by Crippen LogP contribution is -2.42. The summed E-state index contributed by atoms with van der Waals surface area (Å²) in [6.07, 6.45) is -1.32. The first kappa shape index (κ1) is 10.8. The second kappa shape index (κ2) is 3.88. The van der Waals surface area contributed by atoms with Gasteiger partial charge in [0.1, 0.15) is 17.5 Å². The molecule has 0 spiro atoms. The maximum Gasteiger partial charge on any atom is 0.307 e. The molecule has 78 valence electrons. The van der Waals surface area contributed by atoms with E-state index in [1.807, 2.05) is 0 Å². The predicted octanol–water partition coefficient (Wildman–Crippen LogP) is -0.384. The third-order valence-electron chi connectivity index (χ3n) is 2.49. The van der Waals surface area contributed by atoms with Crippen molar-refractivity contribution in [3.8, 4) is 0 Å². The fourth-order valence-corrected chi connectivity index (χ4v) is 1.78. The van der Waals surface area contributed by atoms with Gasteiger partial charge < -0.3 is 10.2 Å². The highest BCUT2D eigenvalue weighted by molar-refractivity contribution is 6.03. The molecule has 1 aliphatic rings. The largest absolute Gasteiger partial charge is 0.481 e. The maximum absolute atomic E-state index is 11.3. The average Bonchev–Trinajstić information content (AvgIpc) is 2.01. The number of aliphatic hydroxyl groups is 1.